The lowest BCUT2D eigenvalue weighted by atomic mass is 10.2. The second-order valence-electron chi connectivity index (χ2n) is 4.87. The van der Waals surface area contributed by atoms with E-state index in [2.05, 4.69) is 32.8 Å². The molecule has 0 amide bonds. The number of hydrogen-bond acceptors (Lipinski definition) is 4. The molecule has 106 valence electrons. The van der Waals surface area contributed by atoms with E-state index in [1.54, 1.807) is 11.3 Å². The SMILES string of the molecule is Cc1cccc(CNCc2nc(-c3ccccc3)cs2)n1. The molecule has 1 aromatic carbocycles. The molecule has 3 aromatic rings. The molecule has 0 aliphatic carbocycles. The maximum absolute atomic E-state index is 4.66. The van der Waals surface area contributed by atoms with E-state index in [0.29, 0.717) is 0 Å². The van der Waals surface area contributed by atoms with Crippen LogP contribution in [0, 0.1) is 6.92 Å². The van der Waals surface area contributed by atoms with Crippen molar-refractivity contribution in [3.05, 3.63) is 70.3 Å². The molecule has 2 heterocycles. The van der Waals surface area contributed by atoms with Gasteiger partial charge in [-0.2, -0.15) is 0 Å². The maximum Gasteiger partial charge on any atom is 0.107 e. The van der Waals surface area contributed by atoms with E-state index in [9.17, 15) is 0 Å². The Labute approximate surface area is 128 Å². The minimum atomic E-state index is 0.766. The van der Waals surface area contributed by atoms with Crippen molar-refractivity contribution in [3.63, 3.8) is 0 Å². The summed E-state index contributed by atoms with van der Waals surface area (Å²) in [6, 6.07) is 16.4. The average Bonchev–Trinajstić information content (AvgIpc) is 2.97. The van der Waals surface area contributed by atoms with Crippen LogP contribution in [0.4, 0.5) is 0 Å². The zero-order chi connectivity index (χ0) is 14.5. The van der Waals surface area contributed by atoms with Crippen molar-refractivity contribution < 1.29 is 0 Å². The molecule has 3 rings (SSSR count). The number of nitrogens with zero attached hydrogens (tertiary/aromatic N) is 2. The lowest BCUT2D eigenvalue weighted by Gasteiger charge is -2.03. The minimum absolute atomic E-state index is 0.766. The van der Waals surface area contributed by atoms with E-state index in [1.165, 1.54) is 5.56 Å². The lowest BCUT2D eigenvalue weighted by molar-refractivity contribution is 0.675. The topological polar surface area (TPSA) is 37.8 Å². The zero-order valence-corrected chi connectivity index (χ0v) is 12.7. The summed E-state index contributed by atoms with van der Waals surface area (Å²) in [5, 5.41) is 6.60. The number of aromatic nitrogens is 2. The number of thiazole rings is 1. The Bertz CT molecular complexity index is 707. The summed E-state index contributed by atoms with van der Waals surface area (Å²) >= 11 is 1.69. The smallest absolute Gasteiger partial charge is 0.107 e. The summed E-state index contributed by atoms with van der Waals surface area (Å²) in [6.45, 7) is 3.55. The number of aryl methyl sites for hydroxylation is 1. The molecule has 4 heteroatoms. The predicted octanol–water partition coefficient (Wildman–Crippen LogP) is 3.80. The first-order chi connectivity index (χ1) is 10.3. The summed E-state index contributed by atoms with van der Waals surface area (Å²) in [6.07, 6.45) is 0. The van der Waals surface area contributed by atoms with E-state index >= 15 is 0 Å². The molecule has 0 aliphatic rings. The molecule has 0 radical (unpaired) electrons. The van der Waals surface area contributed by atoms with Crippen LogP contribution in [0.3, 0.4) is 0 Å². The molecule has 0 aliphatic heterocycles. The third kappa shape index (κ3) is 3.74. The number of pyridine rings is 1. The van der Waals surface area contributed by atoms with E-state index < -0.39 is 0 Å². The third-order valence-corrected chi connectivity index (χ3v) is 4.00. The maximum atomic E-state index is 4.66. The van der Waals surface area contributed by atoms with Crippen LogP contribution in [0.15, 0.2) is 53.9 Å². The van der Waals surface area contributed by atoms with Crippen molar-refractivity contribution in [2.75, 3.05) is 0 Å². The molecule has 0 saturated carbocycles. The molecule has 0 fully saturated rings. The minimum Gasteiger partial charge on any atom is -0.305 e. The fourth-order valence-electron chi connectivity index (χ4n) is 2.13. The molecule has 2 aromatic heterocycles. The van der Waals surface area contributed by atoms with Crippen LogP contribution in [0.5, 0.6) is 0 Å². The van der Waals surface area contributed by atoms with E-state index in [-0.39, 0.29) is 0 Å². The largest absolute Gasteiger partial charge is 0.305 e. The molecule has 21 heavy (non-hydrogen) atoms. The quantitative estimate of drug-likeness (QED) is 0.778. The van der Waals surface area contributed by atoms with Crippen LogP contribution in [0.25, 0.3) is 11.3 Å². The van der Waals surface area contributed by atoms with Crippen LogP contribution in [-0.4, -0.2) is 9.97 Å². The fourth-order valence-corrected chi connectivity index (χ4v) is 2.90. The Morgan fingerprint density at radius 3 is 2.62 bits per heavy atom. The normalized spacial score (nSPS) is 10.7. The predicted molar refractivity (Wildman–Crippen MR) is 87.1 cm³/mol. The van der Waals surface area contributed by atoms with Gasteiger partial charge in [0.05, 0.1) is 11.4 Å². The summed E-state index contributed by atoms with van der Waals surface area (Å²) in [4.78, 5) is 9.14. The molecular weight excluding hydrogens is 278 g/mol. The standard InChI is InChI=1S/C17H17N3S/c1-13-6-5-9-15(19-13)10-18-11-17-20-16(12-21-17)14-7-3-2-4-8-14/h2-9,12,18H,10-11H2,1H3. The average molecular weight is 295 g/mol. The van der Waals surface area contributed by atoms with Gasteiger partial charge in [0.25, 0.3) is 0 Å². The Kier molecular flexibility index (Phi) is 4.38. The van der Waals surface area contributed by atoms with Gasteiger partial charge < -0.3 is 5.32 Å². The molecule has 0 atom stereocenters. The highest BCUT2D eigenvalue weighted by Gasteiger charge is 2.04. The lowest BCUT2D eigenvalue weighted by Crippen LogP contribution is -2.13. The van der Waals surface area contributed by atoms with Crippen molar-refractivity contribution in [2.45, 2.75) is 20.0 Å². The van der Waals surface area contributed by atoms with E-state index in [0.717, 1.165) is 35.2 Å². The van der Waals surface area contributed by atoms with Crippen LogP contribution in [-0.2, 0) is 13.1 Å². The highest BCUT2D eigenvalue weighted by Crippen LogP contribution is 2.21. The Hall–Kier alpha value is -2.04. The fraction of sp³-hybridized carbons (Fsp3) is 0.176. The molecule has 0 saturated heterocycles. The van der Waals surface area contributed by atoms with Gasteiger partial charge in [-0.05, 0) is 19.1 Å². The highest BCUT2D eigenvalue weighted by atomic mass is 32.1. The molecule has 0 unspecified atom stereocenters. The molecule has 0 spiro atoms. The number of benzene rings is 1. The Morgan fingerprint density at radius 1 is 0.952 bits per heavy atom. The second-order valence-corrected chi connectivity index (χ2v) is 5.81. The summed E-state index contributed by atoms with van der Waals surface area (Å²) in [5.74, 6) is 0. The Balaban J connectivity index is 1.58. The molecule has 3 nitrogen and oxygen atoms in total. The Morgan fingerprint density at radius 2 is 1.81 bits per heavy atom. The van der Waals surface area contributed by atoms with Crippen molar-refractivity contribution in [1.29, 1.82) is 0 Å². The van der Waals surface area contributed by atoms with Crippen molar-refractivity contribution in [1.82, 2.24) is 15.3 Å². The van der Waals surface area contributed by atoms with Crippen LogP contribution >= 0.6 is 11.3 Å². The van der Waals surface area contributed by atoms with Gasteiger partial charge in [-0.3, -0.25) is 4.98 Å². The van der Waals surface area contributed by atoms with Gasteiger partial charge in [0.15, 0.2) is 0 Å². The summed E-state index contributed by atoms with van der Waals surface area (Å²) in [7, 11) is 0. The number of nitrogens with one attached hydrogen (secondary N) is 1. The summed E-state index contributed by atoms with van der Waals surface area (Å²) < 4.78 is 0. The van der Waals surface area contributed by atoms with Crippen molar-refractivity contribution in [2.24, 2.45) is 0 Å². The summed E-state index contributed by atoms with van der Waals surface area (Å²) in [5.41, 5.74) is 4.33. The molecular formula is C17H17N3S. The van der Waals surface area contributed by atoms with Gasteiger partial charge in [0.1, 0.15) is 5.01 Å². The first kappa shape index (κ1) is 13.9. The molecule has 0 bridgehead atoms. The number of hydrogen-bond donors (Lipinski definition) is 1. The van der Waals surface area contributed by atoms with Crippen molar-refractivity contribution in [3.8, 4) is 11.3 Å². The highest BCUT2D eigenvalue weighted by molar-refractivity contribution is 7.09. The third-order valence-electron chi connectivity index (χ3n) is 3.15. The first-order valence-corrected chi connectivity index (χ1v) is 7.82. The van der Waals surface area contributed by atoms with Gasteiger partial charge in [-0.15, -0.1) is 11.3 Å². The van der Waals surface area contributed by atoms with E-state index in [1.807, 2.05) is 43.3 Å². The van der Waals surface area contributed by atoms with E-state index in [4.69, 9.17) is 0 Å². The first-order valence-electron chi connectivity index (χ1n) is 6.94. The van der Waals surface area contributed by atoms with Gasteiger partial charge in [0, 0.05) is 29.7 Å². The van der Waals surface area contributed by atoms with Gasteiger partial charge >= 0.3 is 0 Å². The second kappa shape index (κ2) is 6.61. The van der Waals surface area contributed by atoms with Gasteiger partial charge in [-0.1, -0.05) is 36.4 Å². The van der Waals surface area contributed by atoms with Crippen LogP contribution < -0.4 is 5.32 Å². The van der Waals surface area contributed by atoms with Crippen LogP contribution in [0.1, 0.15) is 16.4 Å². The van der Waals surface area contributed by atoms with Gasteiger partial charge in [-0.25, -0.2) is 4.98 Å². The van der Waals surface area contributed by atoms with Crippen molar-refractivity contribution >= 4 is 11.3 Å². The monoisotopic (exact) mass is 295 g/mol. The zero-order valence-electron chi connectivity index (χ0n) is 11.9. The number of rotatable bonds is 5. The molecule has 1 N–H and O–H groups in total. The van der Waals surface area contributed by atoms with Crippen LogP contribution in [0.2, 0.25) is 0 Å². The van der Waals surface area contributed by atoms with Gasteiger partial charge in [0.2, 0.25) is 0 Å².